The number of amides is 1. The van der Waals surface area contributed by atoms with Gasteiger partial charge in [0.05, 0.1) is 11.3 Å². The van der Waals surface area contributed by atoms with E-state index in [1.165, 1.54) is 19.2 Å². The molecule has 1 aromatic carbocycles. The molecular formula is C22H23FN3O3S-. The van der Waals surface area contributed by atoms with Gasteiger partial charge in [0.2, 0.25) is 5.91 Å². The van der Waals surface area contributed by atoms with E-state index in [1.807, 2.05) is 12.1 Å². The van der Waals surface area contributed by atoms with Crippen molar-refractivity contribution >= 4 is 28.9 Å². The van der Waals surface area contributed by atoms with E-state index >= 15 is 0 Å². The lowest BCUT2D eigenvalue weighted by Crippen LogP contribution is -2.23. The highest BCUT2D eigenvalue weighted by atomic mass is 32.2. The topological polar surface area (TPSA) is 85.4 Å². The highest BCUT2D eigenvalue weighted by Gasteiger charge is 2.15. The van der Waals surface area contributed by atoms with Gasteiger partial charge in [-0.1, -0.05) is 32.8 Å². The zero-order valence-electron chi connectivity index (χ0n) is 17.2. The molecule has 1 unspecified atom stereocenters. The van der Waals surface area contributed by atoms with Gasteiger partial charge in [-0.25, -0.2) is 4.39 Å². The second-order valence-corrected chi connectivity index (χ2v) is 8.59. The third kappa shape index (κ3) is 5.99. The van der Waals surface area contributed by atoms with Crippen LogP contribution in [-0.2, 0) is 28.0 Å². The highest BCUT2D eigenvalue weighted by molar-refractivity contribution is 7.80. The summed E-state index contributed by atoms with van der Waals surface area (Å²) in [5.74, 6) is 1.11. The van der Waals surface area contributed by atoms with Crippen LogP contribution in [0.3, 0.4) is 0 Å². The maximum Gasteiger partial charge on any atom is 0.244 e. The second-order valence-electron chi connectivity index (χ2n) is 7.61. The van der Waals surface area contributed by atoms with Crippen LogP contribution in [0, 0.1) is 18.2 Å². The third-order valence-electron chi connectivity index (χ3n) is 4.27. The van der Waals surface area contributed by atoms with E-state index in [2.05, 4.69) is 37.0 Å². The molecule has 6 nitrogen and oxygen atoms in total. The van der Waals surface area contributed by atoms with Crippen molar-refractivity contribution < 1.29 is 17.9 Å². The number of hydrogen-bond acceptors (Lipinski definition) is 4. The minimum absolute atomic E-state index is 0.0282. The van der Waals surface area contributed by atoms with Crippen LogP contribution < -0.4 is 9.62 Å². The normalized spacial score (nSPS) is 12.4. The number of halogens is 1. The zero-order chi connectivity index (χ0) is 22.5. The molecule has 1 N–H and O–H groups in total. The SMILES string of the molecule is C#Cc1cc(CNC(=O)C=Cc2ccc(C(C)(C)C)nc2)cc(F)c1N(C)S(=O)[O-]. The molecular weight excluding hydrogens is 405 g/mol. The Morgan fingerprint density at radius 2 is 2.10 bits per heavy atom. The molecule has 0 aliphatic rings. The number of carbonyl (C=O) groups excluding carboxylic acids is 1. The smallest absolute Gasteiger partial charge is 0.244 e. The molecule has 0 aliphatic carbocycles. The Morgan fingerprint density at radius 1 is 1.40 bits per heavy atom. The molecule has 158 valence electrons. The van der Waals surface area contributed by atoms with Crippen LogP contribution in [0.4, 0.5) is 10.1 Å². The van der Waals surface area contributed by atoms with Crippen LogP contribution in [0.5, 0.6) is 0 Å². The highest BCUT2D eigenvalue weighted by Crippen LogP contribution is 2.25. The number of nitrogens with one attached hydrogen (secondary N) is 1. The van der Waals surface area contributed by atoms with Gasteiger partial charge in [-0.05, 0) is 35.4 Å². The predicted octanol–water partition coefficient (Wildman–Crippen LogP) is 3.06. The first-order valence-corrected chi connectivity index (χ1v) is 10.1. The standard InChI is InChI=1S/C22H24FN3O3S/c1-6-17-11-16(12-18(23)21(17)26(5)30(28)29)14-25-20(27)10-8-15-7-9-19(24-13-15)22(2,3)4/h1,7-13H,14H2,2-5H3,(H,25,27)(H,28,29)/p-1. The van der Waals surface area contributed by atoms with E-state index in [9.17, 15) is 17.9 Å². The number of hydrogen-bond donors (Lipinski definition) is 1. The van der Waals surface area contributed by atoms with Crippen molar-refractivity contribution in [3.05, 3.63) is 64.7 Å². The lowest BCUT2D eigenvalue weighted by molar-refractivity contribution is -0.116. The van der Waals surface area contributed by atoms with Crippen molar-refractivity contribution in [1.29, 1.82) is 0 Å². The first-order valence-electron chi connectivity index (χ1n) is 9.07. The molecule has 0 radical (unpaired) electrons. The molecule has 1 amide bonds. The van der Waals surface area contributed by atoms with Crippen molar-refractivity contribution in [2.24, 2.45) is 0 Å². The average Bonchev–Trinajstić information content (AvgIpc) is 2.69. The van der Waals surface area contributed by atoms with Crippen LogP contribution in [0.15, 0.2) is 36.5 Å². The van der Waals surface area contributed by atoms with Gasteiger partial charge in [-0.15, -0.1) is 6.42 Å². The van der Waals surface area contributed by atoms with E-state index in [1.54, 1.807) is 12.3 Å². The van der Waals surface area contributed by atoms with Gasteiger partial charge in [0.1, 0.15) is 5.82 Å². The molecule has 2 aromatic rings. The van der Waals surface area contributed by atoms with Crippen molar-refractivity contribution in [2.75, 3.05) is 11.4 Å². The second kappa shape index (κ2) is 9.65. The van der Waals surface area contributed by atoms with Crippen molar-refractivity contribution in [1.82, 2.24) is 10.3 Å². The Morgan fingerprint density at radius 3 is 2.63 bits per heavy atom. The molecule has 0 bridgehead atoms. The Balaban J connectivity index is 2.06. The first kappa shape index (κ1) is 23.3. The van der Waals surface area contributed by atoms with E-state index in [0.29, 0.717) is 9.87 Å². The van der Waals surface area contributed by atoms with Gasteiger partial charge in [-0.3, -0.25) is 14.0 Å². The Bertz CT molecular complexity index is 1020. The molecule has 8 heteroatoms. The largest absolute Gasteiger partial charge is 0.755 e. The summed E-state index contributed by atoms with van der Waals surface area (Å²) in [5, 5.41) is 2.64. The van der Waals surface area contributed by atoms with Crippen molar-refractivity contribution in [2.45, 2.75) is 32.7 Å². The minimum atomic E-state index is -2.67. The number of pyridine rings is 1. The average molecular weight is 429 g/mol. The summed E-state index contributed by atoms with van der Waals surface area (Å²) in [7, 11) is 1.19. The lowest BCUT2D eigenvalue weighted by Gasteiger charge is -2.23. The van der Waals surface area contributed by atoms with Crippen molar-refractivity contribution in [3.8, 4) is 12.3 Å². The van der Waals surface area contributed by atoms with Crippen LogP contribution in [0.25, 0.3) is 6.08 Å². The monoisotopic (exact) mass is 428 g/mol. The predicted molar refractivity (Wildman–Crippen MR) is 115 cm³/mol. The van der Waals surface area contributed by atoms with Gasteiger partial charge in [0.25, 0.3) is 0 Å². The zero-order valence-corrected chi connectivity index (χ0v) is 18.0. The summed E-state index contributed by atoms with van der Waals surface area (Å²) in [4.78, 5) is 16.5. The summed E-state index contributed by atoms with van der Waals surface area (Å²) < 4.78 is 37.3. The number of carbonyl (C=O) groups is 1. The minimum Gasteiger partial charge on any atom is -0.755 e. The van der Waals surface area contributed by atoms with Gasteiger partial charge < -0.3 is 14.2 Å². The van der Waals surface area contributed by atoms with Crippen molar-refractivity contribution in [3.63, 3.8) is 0 Å². The summed E-state index contributed by atoms with van der Waals surface area (Å²) >= 11 is -2.67. The quantitative estimate of drug-likeness (QED) is 0.435. The van der Waals surface area contributed by atoms with Gasteiger partial charge in [-0.2, -0.15) is 0 Å². The fraction of sp³-hybridized carbons (Fsp3) is 0.273. The molecule has 30 heavy (non-hydrogen) atoms. The number of terminal acetylenes is 1. The summed E-state index contributed by atoms with van der Waals surface area (Å²) in [5.41, 5.74) is 1.94. The third-order valence-corrected chi connectivity index (χ3v) is 4.90. The van der Waals surface area contributed by atoms with Gasteiger partial charge >= 0.3 is 0 Å². The molecule has 1 atom stereocenters. The Hall–Kier alpha value is -3.02. The van der Waals surface area contributed by atoms with E-state index in [-0.39, 0.29) is 29.1 Å². The fourth-order valence-corrected chi connectivity index (χ4v) is 2.96. The first-order chi connectivity index (χ1) is 14.0. The fourth-order valence-electron chi connectivity index (χ4n) is 2.63. The Kier molecular flexibility index (Phi) is 7.48. The molecule has 0 spiro atoms. The number of nitrogens with zero attached hydrogens (tertiary/aromatic N) is 2. The number of aromatic nitrogens is 1. The van der Waals surface area contributed by atoms with Gasteiger partial charge in [0.15, 0.2) is 0 Å². The number of rotatable bonds is 6. The summed E-state index contributed by atoms with van der Waals surface area (Å²) in [6.07, 6.45) is 10.1. The van der Waals surface area contributed by atoms with Crippen LogP contribution in [-0.4, -0.2) is 26.7 Å². The van der Waals surface area contributed by atoms with Crippen LogP contribution in [0.2, 0.25) is 0 Å². The van der Waals surface area contributed by atoms with E-state index < -0.39 is 17.1 Å². The van der Waals surface area contributed by atoms with E-state index in [0.717, 1.165) is 17.3 Å². The molecule has 0 aliphatic heterocycles. The number of benzene rings is 1. The number of anilines is 1. The maximum absolute atomic E-state index is 14.4. The molecule has 1 heterocycles. The molecule has 1 aromatic heterocycles. The summed E-state index contributed by atoms with van der Waals surface area (Å²) in [6, 6.07) is 6.38. The molecule has 0 saturated carbocycles. The van der Waals surface area contributed by atoms with E-state index in [4.69, 9.17) is 6.42 Å². The molecule has 2 rings (SSSR count). The molecule has 0 saturated heterocycles. The molecule has 0 fully saturated rings. The lowest BCUT2D eigenvalue weighted by atomic mass is 9.91. The Labute approximate surface area is 178 Å². The van der Waals surface area contributed by atoms with Crippen LogP contribution in [0.1, 0.15) is 43.2 Å². The maximum atomic E-state index is 14.4. The van der Waals surface area contributed by atoms with Gasteiger partial charge in [0, 0.05) is 48.2 Å². The van der Waals surface area contributed by atoms with Crippen LogP contribution >= 0.6 is 0 Å². The summed E-state index contributed by atoms with van der Waals surface area (Å²) in [6.45, 7) is 6.23.